The van der Waals surface area contributed by atoms with E-state index in [2.05, 4.69) is 45.9 Å². The lowest BCUT2D eigenvalue weighted by molar-refractivity contribution is 0.477. The summed E-state index contributed by atoms with van der Waals surface area (Å²) in [5, 5.41) is 0. The fourth-order valence-electron chi connectivity index (χ4n) is 2.12. The molecular weight excluding hydrogens is 220 g/mol. The molecule has 0 N–H and O–H groups in total. The zero-order chi connectivity index (χ0) is 13.5. The van der Waals surface area contributed by atoms with E-state index in [1.807, 2.05) is 13.0 Å². The molecule has 0 atom stereocenters. The average molecular weight is 246 g/mol. The molecule has 1 rings (SSSR count). The Labute approximate surface area is 112 Å². The smallest absolute Gasteiger partial charge is 0.127 e. The first-order chi connectivity index (χ1) is 8.51. The third-order valence-electron chi connectivity index (χ3n) is 2.65. The van der Waals surface area contributed by atoms with Crippen molar-refractivity contribution in [2.75, 3.05) is 0 Å². The second-order valence-electron chi connectivity index (χ2n) is 5.77. The highest BCUT2D eigenvalue weighted by atomic mass is 16.5. The van der Waals surface area contributed by atoms with Crippen LogP contribution in [0.15, 0.2) is 30.5 Å². The zero-order valence-electron chi connectivity index (χ0n) is 12.4. The van der Waals surface area contributed by atoms with E-state index in [-0.39, 0.29) is 0 Å². The second-order valence-corrected chi connectivity index (χ2v) is 5.77. The molecule has 0 aliphatic heterocycles. The molecule has 100 valence electrons. The van der Waals surface area contributed by atoms with Crippen LogP contribution in [0, 0.1) is 11.8 Å². The van der Waals surface area contributed by atoms with Gasteiger partial charge >= 0.3 is 0 Å². The molecule has 0 unspecified atom stereocenters. The first-order valence-electron chi connectivity index (χ1n) is 6.92. The zero-order valence-corrected chi connectivity index (χ0v) is 12.4. The Bertz CT molecular complexity index is 360. The van der Waals surface area contributed by atoms with Crippen molar-refractivity contribution < 1.29 is 4.74 Å². The van der Waals surface area contributed by atoms with E-state index in [1.54, 1.807) is 6.26 Å². The number of rotatable bonds is 6. The van der Waals surface area contributed by atoms with Crippen molar-refractivity contribution in [3.8, 4) is 5.75 Å². The lowest BCUT2D eigenvalue weighted by Crippen LogP contribution is -1.99. The first kappa shape index (κ1) is 14.8. The van der Waals surface area contributed by atoms with Gasteiger partial charge in [-0.3, -0.25) is 0 Å². The number of hydrogen-bond donors (Lipinski definition) is 0. The van der Waals surface area contributed by atoms with Gasteiger partial charge in [0.05, 0.1) is 6.26 Å². The van der Waals surface area contributed by atoms with Crippen molar-refractivity contribution in [2.24, 2.45) is 11.8 Å². The molecule has 1 heteroatoms. The van der Waals surface area contributed by atoms with Crippen LogP contribution in [0.4, 0.5) is 0 Å². The number of hydrogen-bond acceptors (Lipinski definition) is 1. The van der Waals surface area contributed by atoms with E-state index >= 15 is 0 Å². The lowest BCUT2D eigenvalue weighted by atomic mass is 9.96. The topological polar surface area (TPSA) is 9.23 Å². The molecule has 0 bridgehead atoms. The van der Waals surface area contributed by atoms with Crippen molar-refractivity contribution in [1.29, 1.82) is 0 Å². The predicted molar refractivity (Wildman–Crippen MR) is 79.0 cm³/mol. The summed E-state index contributed by atoms with van der Waals surface area (Å²) in [6.07, 6.45) is 5.88. The molecular formula is C17H26O. The van der Waals surface area contributed by atoms with Crippen LogP contribution in [0.5, 0.6) is 5.75 Å². The Morgan fingerprint density at radius 1 is 0.944 bits per heavy atom. The van der Waals surface area contributed by atoms with Gasteiger partial charge in [-0.05, 0) is 54.9 Å². The van der Waals surface area contributed by atoms with Crippen LogP contribution in [0.3, 0.4) is 0 Å². The van der Waals surface area contributed by atoms with Gasteiger partial charge in [-0.15, -0.1) is 0 Å². The Balaban J connectivity index is 2.95. The summed E-state index contributed by atoms with van der Waals surface area (Å²) in [7, 11) is 0. The van der Waals surface area contributed by atoms with Gasteiger partial charge < -0.3 is 4.74 Å². The van der Waals surface area contributed by atoms with Crippen LogP contribution >= 0.6 is 0 Å². The standard InChI is InChI=1S/C17H26O/c1-6-7-18-17-11-15(8-13(2)3)10-16(12-17)9-14(4)5/h6-7,10-14H,8-9H2,1-5H3. The van der Waals surface area contributed by atoms with Crippen molar-refractivity contribution in [2.45, 2.75) is 47.5 Å². The molecule has 0 fully saturated rings. The molecule has 0 amide bonds. The van der Waals surface area contributed by atoms with Gasteiger partial charge in [0.15, 0.2) is 0 Å². The average Bonchev–Trinajstić information content (AvgIpc) is 2.24. The summed E-state index contributed by atoms with van der Waals surface area (Å²) in [5.41, 5.74) is 2.75. The minimum Gasteiger partial charge on any atom is -0.465 e. The van der Waals surface area contributed by atoms with Gasteiger partial charge in [0, 0.05) is 0 Å². The largest absolute Gasteiger partial charge is 0.465 e. The molecule has 0 aromatic heterocycles. The predicted octanol–water partition coefficient (Wildman–Crippen LogP) is 5.00. The van der Waals surface area contributed by atoms with E-state index < -0.39 is 0 Å². The van der Waals surface area contributed by atoms with Gasteiger partial charge in [-0.25, -0.2) is 0 Å². The van der Waals surface area contributed by atoms with Gasteiger partial charge in [-0.1, -0.05) is 39.8 Å². The molecule has 0 spiro atoms. The fraction of sp³-hybridized carbons (Fsp3) is 0.529. The molecule has 1 nitrogen and oxygen atoms in total. The fourth-order valence-corrected chi connectivity index (χ4v) is 2.12. The van der Waals surface area contributed by atoms with Crippen LogP contribution in [-0.2, 0) is 12.8 Å². The highest BCUT2D eigenvalue weighted by Crippen LogP contribution is 2.22. The minimum absolute atomic E-state index is 0.675. The van der Waals surface area contributed by atoms with Crippen LogP contribution in [0.25, 0.3) is 0 Å². The molecule has 1 aromatic carbocycles. The van der Waals surface area contributed by atoms with Crippen LogP contribution in [0.2, 0.25) is 0 Å². The van der Waals surface area contributed by atoms with Gasteiger partial charge in [0.25, 0.3) is 0 Å². The third kappa shape index (κ3) is 5.39. The highest BCUT2D eigenvalue weighted by molar-refractivity contribution is 5.35. The Morgan fingerprint density at radius 3 is 1.83 bits per heavy atom. The summed E-state index contributed by atoms with van der Waals surface area (Å²) < 4.78 is 5.62. The molecule has 0 saturated carbocycles. The first-order valence-corrected chi connectivity index (χ1v) is 6.92. The van der Waals surface area contributed by atoms with E-state index in [1.165, 1.54) is 11.1 Å². The van der Waals surface area contributed by atoms with E-state index in [4.69, 9.17) is 4.74 Å². The Morgan fingerprint density at radius 2 is 1.44 bits per heavy atom. The number of allylic oxidation sites excluding steroid dienone is 1. The maximum atomic E-state index is 5.62. The van der Waals surface area contributed by atoms with E-state index in [0.717, 1.165) is 18.6 Å². The van der Waals surface area contributed by atoms with Crippen molar-refractivity contribution in [3.05, 3.63) is 41.7 Å². The number of ether oxygens (including phenoxy) is 1. The second kappa shape index (κ2) is 7.25. The van der Waals surface area contributed by atoms with Crippen LogP contribution in [0.1, 0.15) is 45.7 Å². The van der Waals surface area contributed by atoms with Gasteiger partial charge in [0.1, 0.15) is 5.75 Å². The molecule has 0 aliphatic carbocycles. The maximum Gasteiger partial charge on any atom is 0.127 e. The molecule has 18 heavy (non-hydrogen) atoms. The van der Waals surface area contributed by atoms with Crippen molar-refractivity contribution in [3.63, 3.8) is 0 Å². The van der Waals surface area contributed by atoms with Crippen LogP contribution < -0.4 is 4.74 Å². The molecule has 0 heterocycles. The van der Waals surface area contributed by atoms with Gasteiger partial charge in [-0.2, -0.15) is 0 Å². The Hall–Kier alpha value is -1.24. The van der Waals surface area contributed by atoms with Crippen LogP contribution in [-0.4, -0.2) is 0 Å². The van der Waals surface area contributed by atoms with Crippen molar-refractivity contribution >= 4 is 0 Å². The summed E-state index contributed by atoms with van der Waals surface area (Å²) >= 11 is 0. The normalized spacial score (nSPS) is 11.7. The molecule has 0 radical (unpaired) electrons. The molecule has 0 aliphatic rings. The van der Waals surface area contributed by atoms with E-state index in [0.29, 0.717) is 11.8 Å². The number of benzene rings is 1. The highest BCUT2D eigenvalue weighted by Gasteiger charge is 2.05. The lowest BCUT2D eigenvalue weighted by Gasteiger charge is -2.12. The van der Waals surface area contributed by atoms with Crippen molar-refractivity contribution in [1.82, 2.24) is 0 Å². The van der Waals surface area contributed by atoms with Gasteiger partial charge in [0.2, 0.25) is 0 Å². The monoisotopic (exact) mass is 246 g/mol. The SMILES string of the molecule is CC=COc1cc(CC(C)C)cc(CC(C)C)c1. The van der Waals surface area contributed by atoms with E-state index in [9.17, 15) is 0 Å². The minimum atomic E-state index is 0.675. The summed E-state index contributed by atoms with van der Waals surface area (Å²) in [5.74, 6) is 2.31. The quantitative estimate of drug-likeness (QED) is 0.642. The Kier molecular flexibility index (Phi) is 5.97. The summed E-state index contributed by atoms with van der Waals surface area (Å²) in [4.78, 5) is 0. The molecule has 0 saturated heterocycles. The summed E-state index contributed by atoms with van der Waals surface area (Å²) in [6.45, 7) is 11.0. The maximum absolute atomic E-state index is 5.62. The molecule has 1 aromatic rings. The summed E-state index contributed by atoms with van der Waals surface area (Å²) in [6, 6.07) is 6.64. The third-order valence-corrected chi connectivity index (χ3v) is 2.65.